The minimum Gasteiger partial charge on any atom is -0.397 e. The van der Waals surface area contributed by atoms with Gasteiger partial charge in [-0.25, -0.2) is 4.98 Å². The number of rotatable bonds is 4. The summed E-state index contributed by atoms with van der Waals surface area (Å²) in [6, 6.07) is 4.01. The number of hydrogen-bond acceptors (Lipinski definition) is 3. The normalized spacial score (nSPS) is 11.8. The fraction of sp³-hybridized carbons (Fsp3) is 0.417. The van der Waals surface area contributed by atoms with E-state index in [4.69, 9.17) is 12.2 Å². The van der Waals surface area contributed by atoms with Crippen LogP contribution in [0.5, 0.6) is 0 Å². The summed E-state index contributed by atoms with van der Waals surface area (Å²) in [5.74, 6) is 3.49. The molecule has 1 aromatic rings. The molecule has 0 fully saturated rings. The Morgan fingerprint density at radius 3 is 2.87 bits per heavy atom. The Morgan fingerprint density at radius 1 is 1.60 bits per heavy atom. The molecule has 0 spiro atoms. The van der Waals surface area contributed by atoms with Crippen LogP contribution >= 0.6 is 0 Å². The third-order valence-corrected chi connectivity index (χ3v) is 2.34. The molecule has 0 amide bonds. The molecule has 3 N–H and O–H groups in total. The molecule has 0 bridgehead atoms. The fourth-order valence-corrected chi connectivity index (χ4v) is 1.30. The second-order valence-electron chi connectivity index (χ2n) is 3.53. The van der Waals surface area contributed by atoms with Crippen molar-refractivity contribution in [1.29, 1.82) is 0 Å². The Morgan fingerprint density at radius 2 is 2.33 bits per heavy atom. The van der Waals surface area contributed by atoms with Gasteiger partial charge in [0, 0.05) is 12.5 Å². The first kappa shape index (κ1) is 11.4. The average molecular weight is 203 g/mol. The van der Waals surface area contributed by atoms with Crippen LogP contribution in [0.4, 0.5) is 11.5 Å². The van der Waals surface area contributed by atoms with Crippen molar-refractivity contribution in [2.24, 2.45) is 0 Å². The number of nitrogens with one attached hydrogen (secondary N) is 1. The van der Waals surface area contributed by atoms with Crippen LogP contribution in [0, 0.1) is 19.3 Å². The molecule has 15 heavy (non-hydrogen) atoms. The molecule has 0 aliphatic carbocycles. The molecule has 0 saturated carbocycles. The Labute approximate surface area is 91.1 Å². The highest BCUT2D eigenvalue weighted by atomic mass is 15.0. The Hall–Kier alpha value is -1.69. The summed E-state index contributed by atoms with van der Waals surface area (Å²) >= 11 is 0. The van der Waals surface area contributed by atoms with Gasteiger partial charge in [-0.15, -0.1) is 12.3 Å². The van der Waals surface area contributed by atoms with E-state index in [9.17, 15) is 0 Å². The third kappa shape index (κ3) is 3.17. The summed E-state index contributed by atoms with van der Waals surface area (Å²) in [6.07, 6.45) is 6.97. The maximum Gasteiger partial charge on any atom is 0.126 e. The van der Waals surface area contributed by atoms with Gasteiger partial charge >= 0.3 is 0 Å². The number of pyridine rings is 1. The lowest BCUT2D eigenvalue weighted by Crippen LogP contribution is -2.18. The first-order valence-electron chi connectivity index (χ1n) is 5.10. The first-order valence-corrected chi connectivity index (χ1v) is 5.10. The molecule has 1 rings (SSSR count). The number of hydrogen-bond donors (Lipinski definition) is 2. The molecule has 1 aromatic heterocycles. The monoisotopic (exact) mass is 203 g/mol. The lowest BCUT2D eigenvalue weighted by molar-refractivity contribution is 0.711. The average Bonchev–Trinajstić information content (AvgIpc) is 2.23. The van der Waals surface area contributed by atoms with Crippen LogP contribution in [-0.2, 0) is 0 Å². The number of nitrogen functional groups attached to an aromatic ring is 1. The first-order chi connectivity index (χ1) is 7.17. The highest BCUT2D eigenvalue weighted by Crippen LogP contribution is 2.14. The van der Waals surface area contributed by atoms with Crippen LogP contribution in [0.1, 0.15) is 25.5 Å². The van der Waals surface area contributed by atoms with E-state index in [0.717, 1.165) is 17.9 Å². The SMILES string of the molecule is C#CCC(CC)Nc1ccc(N)c(C)n1. The van der Waals surface area contributed by atoms with Crippen molar-refractivity contribution in [3.05, 3.63) is 17.8 Å². The van der Waals surface area contributed by atoms with Crippen molar-refractivity contribution >= 4 is 11.5 Å². The van der Waals surface area contributed by atoms with Crippen molar-refractivity contribution in [2.75, 3.05) is 11.1 Å². The minimum atomic E-state index is 0.283. The van der Waals surface area contributed by atoms with Crippen molar-refractivity contribution in [3.8, 4) is 12.3 Å². The number of nitrogens with two attached hydrogens (primary N) is 1. The van der Waals surface area contributed by atoms with E-state index in [0.29, 0.717) is 12.1 Å². The largest absolute Gasteiger partial charge is 0.397 e. The molecule has 0 radical (unpaired) electrons. The smallest absolute Gasteiger partial charge is 0.126 e. The molecular weight excluding hydrogens is 186 g/mol. The van der Waals surface area contributed by atoms with Gasteiger partial charge < -0.3 is 11.1 Å². The second kappa shape index (κ2) is 5.26. The predicted octanol–water partition coefficient (Wildman–Crippen LogP) is 2.19. The van der Waals surface area contributed by atoms with Crippen LogP contribution in [0.25, 0.3) is 0 Å². The zero-order chi connectivity index (χ0) is 11.3. The summed E-state index contributed by atoms with van der Waals surface area (Å²) < 4.78 is 0. The van der Waals surface area contributed by atoms with E-state index < -0.39 is 0 Å². The number of terminal acetylenes is 1. The second-order valence-corrected chi connectivity index (χ2v) is 3.53. The Bertz CT molecular complexity index is 366. The van der Waals surface area contributed by atoms with Crippen molar-refractivity contribution < 1.29 is 0 Å². The van der Waals surface area contributed by atoms with Gasteiger partial charge in [0.25, 0.3) is 0 Å². The molecule has 80 valence electrons. The third-order valence-electron chi connectivity index (χ3n) is 2.34. The molecule has 1 heterocycles. The number of aryl methyl sites for hydroxylation is 1. The summed E-state index contributed by atoms with van der Waals surface area (Å²) in [7, 11) is 0. The van der Waals surface area contributed by atoms with Gasteiger partial charge in [-0.1, -0.05) is 6.92 Å². The molecule has 1 unspecified atom stereocenters. The molecule has 1 atom stereocenters. The molecule has 0 aliphatic rings. The zero-order valence-electron chi connectivity index (χ0n) is 9.25. The van der Waals surface area contributed by atoms with Crippen molar-refractivity contribution in [1.82, 2.24) is 4.98 Å². The lowest BCUT2D eigenvalue weighted by Gasteiger charge is -2.15. The number of aromatic nitrogens is 1. The van der Waals surface area contributed by atoms with E-state index in [1.165, 1.54) is 0 Å². The lowest BCUT2D eigenvalue weighted by atomic mass is 10.1. The topological polar surface area (TPSA) is 50.9 Å². The molecule has 0 aliphatic heterocycles. The molecule has 0 saturated heterocycles. The van der Waals surface area contributed by atoms with Gasteiger partial charge in [0.2, 0.25) is 0 Å². The summed E-state index contributed by atoms with van der Waals surface area (Å²) in [5.41, 5.74) is 7.24. The van der Waals surface area contributed by atoms with Gasteiger partial charge in [-0.3, -0.25) is 0 Å². The molecule has 3 nitrogen and oxygen atoms in total. The number of anilines is 2. The van der Waals surface area contributed by atoms with E-state index >= 15 is 0 Å². The molecule has 0 aromatic carbocycles. The predicted molar refractivity (Wildman–Crippen MR) is 64.5 cm³/mol. The summed E-state index contributed by atoms with van der Waals surface area (Å²) in [5, 5.41) is 3.29. The van der Waals surface area contributed by atoms with Crippen molar-refractivity contribution in [2.45, 2.75) is 32.7 Å². The van der Waals surface area contributed by atoms with Crippen LogP contribution in [0.15, 0.2) is 12.1 Å². The van der Waals surface area contributed by atoms with Gasteiger partial charge in [0.15, 0.2) is 0 Å². The standard InChI is InChI=1S/C12H17N3/c1-4-6-10(5-2)15-12-8-7-11(13)9(3)14-12/h1,7-8,10H,5-6,13H2,2-3H3,(H,14,15). The summed E-state index contributed by atoms with van der Waals surface area (Å²) in [6.45, 7) is 3.99. The number of nitrogens with zero attached hydrogens (tertiary/aromatic N) is 1. The van der Waals surface area contributed by atoms with E-state index in [2.05, 4.69) is 23.1 Å². The minimum absolute atomic E-state index is 0.283. The van der Waals surface area contributed by atoms with E-state index in [1.54, 1.807) is 0 Å². The Balaban J connectivity index is 2.71. The highest BCUT2D eigenvalue weighted by molar-refractivity contribution is 5.49. The van der Waals surface area contributed by atoms with Crippen LogP contribution in [-0.4, -0.2) is 11.0 Å². The van der Waals surface area contributed by atoms with Crippen LogP contribution in [0.2, 0.25) is 0 Å². The van der Waals surface area contributed by atoms with E-state index in [1.807, 2.05) is 19.1 Å². The van der Waals surface area contributed by atoms with Gasteiger partial charge in [-0.05, 0) is 25.5 Å². The van der Waals surface area contributed by atoms with Gasteiger partial charge in [-0.2, -0.15) is 0 Å². The van der Waals surface area contributed by atoms with Crippen molar-refractivity contribution in [3.63, 3.8) is 0 Å². The fourth-order valence-electron chi connectivity index (χ4n) is 1.30. The maximum absolute atomic E-state index is 5.69. The van der Waals surface area contributed by atoms with Gasteiger partial charge in [0.1, 0.15) is 5.82 Å². The van der Waals surface area contributed by atoms with Crippen LogP contribution in [0.3, 0.4) is 0 Å². The molecular formula is C12H17N3. The zero-order valence-corrected chi connectivity index (χ0v) is 9.25. The van der Waals surface area contributed by atoms with Crippen LogP contribution < -0.4 is 11.1 Å². The maximum atomic E-state index is 5.69. The highest BCUT2D eigenvalue weighted by Gasteiger charge is 2.05. The van der Waals surface area contributed by atoms with E-state index in [-0.39, 0.29) is 6.04 Å². The molecule has 3 heteroatoms. The Kier molecular flexibility index (Phi) is 3.99. The summed E-state index contributed by atoms with van der Waals surface area (Å²) in [4.78, 5) is 4.34. The van der Waals surface area contributed by atoms with Gasteiger partial charge in [0.05, 0.1) is 11.4 Å². The quantitative estimate of drug-likeness (QED) is 0.737.